The Hall–Kier alpha value is -2.60. The van der Waals surface area contributed by atoms with Crippen LogP contribution in [-0.4, -0.2) is 24.0 Å². The van der Waals surface area contributed by atoms with Crippen LogP contribution < -0.4 is 4.74 Å². The van der Waals surface area contributed by atoms with Gasteiger partial charge in [-0.1, -0.05) is 30.3 Å². The largest absolute Gasteiger partial charge is 0.494 e. The van der Waals surface area contributed by atoms with Gasteiger partial charge >= 0.3 is 0 Å². The van der Waals surface area contributed by atoms with Gasteiger partial charge in [-0.15, -0.1) is 0 Å². The van der Waals surface area contributed by atoms with Gasteiger partial charge in [-0.25, -0.2) is 17.4 Å². The second-order valence-electron chi connectivity index (χ2n) is 6.12. The number of aryl methyl sites for hydroxylation is 1. The Kier molecular flexibility index (Phi) is 4.87. The van der Waals surface area contributed by atoms with Gasteiger partial charge in [-0.05, 0) is 51.0 Å². The molecular weight excluding hydrogens is 348 g/mol. The normalized spacial score (nSPS) is 11.5. The highest BCUT2D eigenvalue weighted by molar-refractivity contribution is 7.90. The Morgan fingerprint density at radius 2 is 1.69 bits per heavy atom. The van der Waals surface area contributed by atoms with Crippen molar-refractivity contribution in [2.75, 3.05) is 6.61 Å². The first-order chi connectivity index (χ1) is 12.4. The van der Waals surface area contributed by atoms with Crippen molar-refractivity contribution in [3.8, 4) is 17.1 Å². The minimum atomic E-state index is -3.78. The fourth-order valence-electron chi connectivity index (χ4n) is 2.91. The van der Waals surface area contributed by atoms with Crippen molar-refractivity contribution < 1.29 is 13.2 Å². The lowest BCUT2D eigenvalue weighted by molar-refractivity contribution is 0.337. The lowest BCUT2D eigenvalue weighted by Crippen LogP contribution is -2.15. The van der Waals surface area contributed by atoms with Crippen LogP contribution in [0, 0.1) is 20.8 Å². The molecule has 0 saturated carbocycles. The van der Waals surface area contributed by atoms with Crippen molar-refractivity contribution in [2.45, 2.75) is 32.6 Å². The van der Waals surface area contributed by atoms with E-state index in [-0.39, 0.29) is 4.90 Å². The Balaban J connectivity index is 2.18. The predicted molar refractivity (Wildman–Crippen MR) is 102 cm³/mol. The van der Waals surface area contributed by atoms with E-state index in [1.807, 2.05) is 44.2 Å². The van der Waals surface area contributed by atoms with Crippen molar-refractivity contribution in [2.24, 2.45) is 0 Å². The molecule has 0 N–H and O–H groups in total. The molecular formula is C20H22N2O3S. The van der Waals surface area contributed by atoms with Gasteiger partial charge < -0.3 is 4.74 Å². The Morgan fingerprint density at radius 1 is 1.00 bits per heavy atom. The van der Waals surface area contributed by atoms with E-state index in [2.05, 4.69) is 4.98 Å². The zero-order chi connectivity index (χ0) is 18.9. The Bertz CT molecular complexity index is 1040. The predicted octanol–water partition coefficient (Wildman–Crippen LogP) is 4.11. The summed E-state index contributed by atoms with van der Waals surface area (Å²) in [6, 6.07) is 12.6. The molecule has 0 fully saturated rings. The first-order valence-electron chi connectivity index (χ1n) is 8.46. The van der Waals surface area contributed by atoms with Crippen LogP contribution >= 0.6 is 0 Å². The second-order valence-corrected chi connectivity index (χ2v) is 7.90. The van der Waals surface area contributed by atoms with Crippen LogP contribution in [-0.2, 0) is 10.0 Å². The van der Waals surface area contributed by atoms with Crippen LogP contribution in [0.5, 0.6) is 5.75 Å². The number of hydrogen-bond acceptors (Lipinski definition) is 4. The highest BCUT2D eigenvalue weighted by Gasteiger charge is 2.25. The molecule has 0 amide bonds. The van der Waals surface area contributed by atoms with Gasteiger partial charge in [0.15, 0.2) is 5.82 Å². The summed E-state index contributed by atoms with van der Waals surface area (Å²) < 4.78 is 33.6. The third-order valence-corrected chi connectivity index (χ3v) is 6.15. The smallest absolute Gasteiger partial charge is 0.269 e. The number of nitrogens with zero attached hydrogens (tertiary/aromatic N) is 2. The molecule has 0 bridgehead atoms. The van der Waals surface area contributed by atoms with E-state index in [9.17, 15) is 8.42 Å². The average Bonchev–Trinajstić information content (AvgIpc) is 3.02. The van der Waals surface area contributed by atoms with Gasteiger partial charge in [0.2, 0.25) is 0 Å². The molecule has 1 heterocycles. The maximum Gasteiger partial charge on any atom is 0.269 e. The SMILES string of the molecule is CCOc1ccc(S(=O)(=O)n2cc(C)nc2-c2ccccc2)c(C)c1C. The third kappa shape index (κ3) is 3.12. The number of rotatable bonds is 5. The molecule has 0 spiro atoms. The summed E-state index contributed by atoms with van der Waals surface area (Å²) in [6.45, 7) is 7.90. The molecule has 1 aromatic heterocycles. The van der Waals surface area contributed by atoms with Crippen LogP contribution in [0.2, 0.25) is 0 Å². The van der Waals surface area contributed by atoms with Crippen molar-refractivity contribution in [3.05, 3.63) is 65.5 Å². The molecule has 0 radical (unpaired) electrons. The van der Waals surface area contributed by atoms with Crippen LogP contribution in [0.3, 0.4) is 0 Å². The van der Waals surface area contributed by atoms with Gasteiger partial charge in [-0.3, -0.25) is 0 Å². The number of aromatic nitrogens is 2. The Labute approximate surface area is 154 Å². The summed E-state index contributed by atoms with van der Waals surface area (Å²) in [5, 5.41) is 0. The van der Waals surface area contributed by atoms with Crippen molar-refractivity contribution >= 4 is 10.0 Å². The fraction of sp³-hybridized carbons (Fsp3) is 0.250. The van der Waals surface area contributed by atoms with Crippen LogP contribution in [0.15, 0.2) is 53.6 Å². The molecule has 26 heavy (non-hydrogen) atoms. The standard InChI is InChI=1S/C20H22N2O3S/c1-5-25-18-11-12-19(16(4)15(18)3)26(23,24)22-13-14(2)21-20(22)17-9-7-6-8-10-17/h6-13H,5H2,1-4H3. The van der Waals surface area contributed by atoms with E-state index in [0.717, 1.165) is 11.1 Å². The molecule has 5 nitrogen and oxygen atoms in total. The molecule has 3 rings (SSSR count). The van der Waals surface area contributed by atoms with Gasteiger partial charge in [0, 0.05) is 11.8 Å². The minimum Gasteiger partial charge on any atom is -0.494 e. The average molecular weight is 370 g/mol. The van der Waals surface area contributed by atoms with Gasteiger partial charge in [-0.2, -0.15) is 0 Å². The minimum absolute atomic E-state index is 0.257. The van der Waals surface area contributed by atoms with Crippen molar-refractivity contribution in [1.82, 2.24) is 8.96 Å². The van der Waals surface area contributed by atoms with E-state index in [1.165, 1.54) is 3.97 Å². The molecule has 0 unspecified atom stereocenters. The maximum absolute atomic E-state index is 13.4. The first-order valence-corrected chi connectivity index (χ1v) is 9.90. The van der Waals surface area contributed by atoms with E-state index in [4.69, 9.17) is 4.74 Å². The zero-order valence-corrected chi connectivity index (χ0v) is 16.2. The second kappa shape index (κ2) is 6.96. The fourth-order valence-corrected chi connectivity index (χ4v) is 4.56. The summed E-state index contributed by atoms with van der Waals surface area (Å²) in [4.78, 5) is 4.69. The molecule has 0 aliphatic rings. The summed E-state index contributed by atoms with van der Waals surface area (Å²) in [7, 11) is -3.78. The van der Waals surface area contributed by atoms with Crippen LogP contribution in [0.25, 0.3) is 11.4 Å². The monoisotopic (exact) mass is 370 g/mol. The highest BCUT2D eigenvalue weighted by Crippen LogP contribution is 2.30. The molecule has 0 aliphatic heterocycles. The summed E-state index contributed by atoms with van der Waals surface area (Å²) >= 11 is 0. The van der Waals surface area contributed by atoms with E-state index >= 15 is 0 Å². The highest BCUT2D eigenvalue weighted by atomic mass is 32.2. The topological polar surface area (TPSA) is 61.2 Å². The Morgan fingerprint density at radius 3 is 2.35 bits per heavy atom. The van der Waals surface area contributed by atoms with E-state index in [1.54, 1.807) is 32.2 Å². The van der Waals surface area contributed by atoms with E-state index in [0.29, 0.717) is 29.4 Å². The van der Waals surface area contributed by atoms with Gasteiger partial charge in [0.25, 0.3) is 10.0 Å². The molecule has 136 valence electrons. The molecule has 6 heteroatoms. The number of imidazole rings is 1. The lowest BCUT2D eigenvalue weighted by atomic mass is 10.1. The van der Waals surface area contributed by atoms with Crippen LogP contribution in [0.1, 0.15) is 23.7 Å². The maximum atomic E-state index is 13.4. The summed E-state index contributed by atoms with van der Waals surface area (Å²) in [6.07, 6.45) is 1.56. The van der Waals surface area contributed by atoms with Crippen molar-refractivity contribution in [1.29, 1.82) is 0 Å². The van der Waals surface area contributed by atoms with E-state index < -0.39 is 10.0 Å². The molecule has 0 aliphatic carbocycles. The molecule has 0 atom stereocenters. The quantitative estimate of drug-likeness (QED) is 0.678. The lowest BCUT2D eigenvalue weighted by Gasteiger charge is -2.15. The molecule has 3 aromatic rings. The van der Waals surface area contributed by atoms with Crippen molar-refractivity contribution in [3.63, 3.8) is 0 Å². The van der Waals surface area contributed by atoms with Gasteiger partial charge in [0.05, 0.1) is 17.2 Å². The number of benzene rings is 2. The number of ether oxygens (including phenoxy) is 1. The van der Waals surface area contributed by atoms with Gasteiger partial charge in [0.1, 0.15) is 5.75 Å². The summed E-state index contributed by atoms with van der Waals surface area (Å²) in [5.41, 5.74) is 2.91. The first kappa shape index (κ1) is 18.2. The van der Waals surface area contributed by atoms with Crippen LogP contribution in [0.4, 0.5) is 0 Å². The zero-order valence-electron chi connectivity index (χ0n) is 15.4. The molecule has 2 aromatic carbocycles. The third-order valence-electron chi connectivity index (χ3n) is 4.35. The molecule has 0 saturated heterocycles. The number of hydrogen-bond donors (Lipinski definition) is 0. The summed E-state index contributed by atoms with van der Waals surface area (Å²) in [5.74, 6) is 1.11.